The van der Waals surface area contributed by atoms with Gasteiger partial charge in [-0.3, -0.25) is 0 Å². The molecule has 108 valence electrons. The molecule has 0 atom stereocenters. The predicted molar refractivity (Wildman–Crippen MR) is 87.3 cm³/mol. The summed E-state index contributed by atoms with van der Waals surface area (Å²) in [6.07, 6.45) is 0. The second kappa shape index (κ2) is 6.11. The monoisotopic (exact) mass is 309 g/mol. The molecule has 3 rings (SSSR count). The van der Waals surface area contributed by atoms with Gasteiger partial charge in [0.2, 0.25) is 5.69 Å². The van der Waals surface area contributed by atoms with E-state index in [1.54, 1.807) is 18.2 Å². The molecule has 6 nitrogen and oxygen atoms in total. The molecule has 1 heterocycles. The number of rotatable bonds is 4. The Kier molecular flexibility index (Phi) is 3.85. The Balaban J connectivity index is 1.86. The van der Waals surface area contributed by atoms with Crippen molar-refractivity contribution in [2.24, 2.45) is 0 Å². The molecule has 7 heteroatoms. The van der Waals surface area contributed by atoms with Crippen molar-refractivity contribution in [2.75, 3.05) is 10.6 Å². The van der Waals surface area contributed by atoms with Crippen LogP contribution in [0.4, 0.5) is 28.7 Å². The Labute approximate surface area is 131 Å². The van der Waals surface area contributed by atoms with Gasteiger partial charge < -0.3 is 15.7 Å². The third kappa shape index (κ3) is 2.82. The molecule has 0 unspecified atom stereocenters. The summed E-state index contributed by atoms with van der Waals surface area (Å²) >= 11 is 1.05. The van der Waals surface area contributed by atoms with Gasteiger partial charge in [0.05, 0.1) is 24.0 Å². The molecule has 0 aliphatic rings. The first kappa shape index (κ1) is 13.9. The van der Waals surface area contributed by atoms with Gasteiger partial charge in [-0.25, -0.2) is 4.85 Å². The Bertz CT molecular complexity index is 825. The molecule has 0 aliphatic carbocycles. The summed E-state index contributed by atoms with van der Waals surface area (Å²) in [5.74, 6) is 0.950. The third-order valence-corrected chi connectivity index (χ3v) is 3.44. The van der Waals surface area contributed by atoms with Crippen LogP contribution in [0.1, 0.15) is 0 Å². The smallest absolute Gasteiger partial charge is 0.230 e. The van der Waals surface area contributed by atoms with E-state index < -0.39 is 0 Å². The number of benzene rings is 2. The molecule has 0 saturated carbocycles. The van der Waals surface area contributed by atoms with Crippen molar-refractivity contribution in [1.29, 1.82) is 0 Å². The number of hydrogen-bond donors (Lipinski definition) is 3. The van der Waals surface area contributed by atoms with Crippen LogP contribution < -0.4 is 10.6 Å². The molecule has 0 spiro atoms. The highest BCUT2D eigenvalue weighted by atomic mass is 32.1. The van der Waals surface area contributed by atoms with Crippen LogP contribution in [0.5, 0.6) is 5.75 Å². The minimum absolute atomic E-state index is 0.101. The van der Waals surface area contributed by atoms with Gasteiger partial charge in [-0.15, -0.1) is 0 Å². The molecule has 0 saturated heterocycles. The molecule has 0 radical (unpaired) electrons. The number of para-hydroxylation sites is 2. The highest BCUT2D eigenvalue weighted by molar-refractivity contribution is 6.99. The van der Waals surface area contributed by atoms with Crippen LogP contribution in [-0.2, 0) is 0 Å². The van der Waals surface area contributed by atoms with E-state index in [-0.39, 0.29) is 11.4 Å². The number of hydrogen-bond acceptors (Lipinski definition) is 6. The second-order valence-corrected chi connectivity index (χ2v) is 4.89. The first-order valence-electron chi connectivity index (χ1n) is 6.39. The fourth-order valence-corrected chi connectivity index (χ4v) is 2.33. The minimum atomic E-state index is -0.101. The normalized spacial score (nSPS) is 9.95. The van der Waals surface area contributed by atoms with Crippen molar-refractivity contribution in [3.05, 3.63) is 59.9 Å². The molecule has 0 amide bonds. The number of nitrogens with one attached hydrogen (secondary N) is 2. The zero-order valence-corrected chi connectivity index (χ0v) is 12.1. The Morgan fingerprint density at radius 3 is 2.41 bits per heavy atom. The van der Waals surface area contributed by atoms with Crippen molar-refractivity contribution >= 4 is 40.4 Å². The lowest BCUT2D eigenvalue weighted by Crippen LogP contribution is -1.97. The van der Waals surface area contributed by atoms with Crippen LogP contribution in [0.3, 0.4) is 0 Å². The van der Waals surface area contributed by atoms with Crippen LogP contribution in [0, 0.1) is 6.57 Å². The number of phenols is 1. The first-order valence-corrected chi connectivity index (χ1v) is 7.12. The summed E-state index contributed by atoms with van der Waals surface area (Å²) in [7, 11) is 0. The zero-order valence-electron chi connectivity index (χ0n) is 11.3. The van der Waals surface area contributed by atoms with Crippen LogP contribution in [0.2, 0.25) is 0 Å². The van der Waals surface area contributed by atoms with Gasteiger partial charge in [-0.2, -0.15) is 8.75 Å². The topological polar surface area (TPSA) is 74.4 Å². The maximum Gasteiger partial charge on any atom is 0.230 e. The van der Waals surface area contributed by atoms with Gasteiger partial charge in [-0.05, 0) is 18.2 Å². The van der Waals surface area contributed by atoms with Crippen molar-refractivity contribution in [1.82, 2.24) is 8.75 Å². The molecule has 22 heavy (non-hydrogen) atoms. The second-order valence-electron chi connectivity index (χ2n) is 4.36. The fraction of sp³-hybridized carbons (Fsp3) is 0. The van der Waals surface area contributed by atoms with Crippen molar-refractivity contribution in [2.45, 2.75) is 0 Å². The molecule has 2 aromatic carbocycles. The molecule has 0 aliphatic heterocycles. The van der Waals surface area contributed by atoms with Gasteiger partial charge in [0.25, 0.3) is 0 Å². The summed E-state index contributed by atoms with van der Waals surface area (Å²) in [4.78, 5) is 3.26. The molecule has 1 aromatic heterocycles. The minimum Gasteiger partial charge on any atom is -0.517 e. The summed E-state index contributed by atoms with van der Waals surface area (Å²) in [6.45, 7) is 7.02. The third-order valence-electron chi connectivity index (χ3n) is 2.91. The lowest BCUT2D eigenvalue weighted by Gasteiger charge is -2.09. The molecular weight excluding hydrogens is 298 g/mol. The summed E-state index contributed by atoms with van der Waals surface area (Å²) in [6, 6.07) is 14.5. The average Bonchev–Trinajstić information content (AvgIpc) is 2.97. The number of anilines is 4. The standard InChI is InChI=1S/C15H11N5OS/c1-16-11-8-5-9-12(13(11)21)18-15-14(19-22-20-15)17-10-6-3-2-4-7-10/h2-9,21H,(H,17,19)(H,18,20). The number of aromatic hydroxyl groups is 1. The number of phenolic OH excluding ortho intramolecular Hbond substituents is 1. The summed E-state index contributed by atoms with van der Waals surface area (Å²) in [5, 5.41) is 16.2. The largest absolute Gasteiger partial charge is 0.517 e. The first-order chi connectivity index (χ1) is 10.8. The van der Waals surface area contributed by atoms with E-state index in [2.05, 4.69) is 24.2 Å². The highest BCUT2D eigenvalue weighted by Gasteiger charge is 2.12. The predicted octanol–water partition coefficient (Wildman–Crippen LogP) is 4.28. The fourth-order valence-electron chi connectivity index (χ4n) is 1.86. The zero-order chi connectivity index (χ0) is 15.4. The van der Waals surface area contributed by atoms with Gasteiger partial charge in [-0.1, -0.05) is 30.3 Å². The maximum absolute atomic E-state index is 10.0. The molecule has 0 bridgehead atoms. The Morgan fingerprint density at radius 2 is 1.68 bits per heavy atom. The van der Waals surface area contributed by atoms with Gasteiger partial charge >= 0.3 is 0 Å². The molecular formula is C15H11N5OS. The summed E-state index contributed by atoms with van der Waals surface area (Å²) < 4.78 is 8.37. The molecule has 3 N–H and O–H groups in total. The summed E-state index contributed by atoms with van der Waals surface area (Å²) in [5.41, 5.74) is 1.49. The average molecular weight is 309 g/mol. The van der Waals surface area contributed by atoms with Crippen molar-refractivity contribution < 1.29 is 5.11 Å². The van der Waals surface area contributed by atoms with E-state index in [4.69, 9.17) is 6.57 Å². The lowest BCUT2D eigenvalue weighted by molar-refractivity contribution is 0.481. The van der Waals surface area contributed by atoms with Crippen LogP contribution in [-0.4, -0.2) is 13.9 Å². The van der Waals surface area contributed by atoms with Crippen molar-refractivity contribution in [3.8, 4) is 5.75 Å². The van der Waals surface area contributed by atoms with Crippen LogP contribution >= 0.6 is 11.7 Å². The molecule has 0 fully saturated rings. The van der Waals surface area contributed by atoms with E-state index in [0.717, 1.165) is 17.4 Å². The Hall–Kier alpha value is -3.11. The SMILES string of the molecule is [C-]#[N+]c1cccc(Nc2nsnc2Nc2ccccc2)c1O. The molecule has 3 aromatic rings. The van der Waals surface area contributed by atoms with E-state index in [1.807, 2.05) is 30.3 Å². The van der Waals surface area contributed by atoms with Crippen LogP contribution in [0.15, 0.2) is 48.5 Å². The number of nitrogens with zero attached hydrogens (tertiary/aromatic N) is 3. The maximum atomic E-state index is 10.0. The highest BCUT2D eigenvalue weighted by Crippen LogP contribution is 2.37. The van der Waals surface area contributed by atoms with Crippen LogP contribution in [0.25, 0.3) is 4.85 Å². The van der Waals surface area contributed by atoms with E-state index in [9.17, 15) is 5.11 Å². The van der Waals surface area contributed by atoms with Gasteiger partial charge in [0.1, 0.15) is 5.75 Å². The lowest BCUT2D eigenvalue weighted by atomic mass is 10.2. The quantitative estimate of drug-likeness (QED) is 0.495. The van der Waals surface area contributed by atoms with E-state index in [1.165, 1.54) is 0 Å². The van der Waals surface area contributed by atoms with E-state index >= 15 is 0 Å². The van der Waals surface area contributed by atoms with Gasteiger partial charge in [0.15, 0.2) is 11.6 Å². The Morgan fingerprint density at radius 1 is 0.955 bits per heavy atom. The van der Waals surface area contributed by atoms with Crippen molar-refractivity contribution in [3.63, 3.8) is 0 Å². The van der Waals surface area contributed by atoms with E-state index in [0.29, 0.717) is 17.3 Å². The van der Waals surface area contributed by atoms with Gasteiger partial charge in [0, 0.05) is 5.69 Å². The number of aromatic nitrogens is 2.